The van der Waals surface area contributed by atoms with Crippen molar-refractivity contribution in [1.29, 1.82) is 0 Å². The van der Waals surface area contributed by atoms with E-state index in [1.807, 2.05) is 6.07 Å². The van der Waals surface area contributed by atoms with Crippen molar-refractivity contribution in [3.8, 4) is 55.6 Å². The largest absolute Gasteiger partial charge is 3.00 e. The first kappa shape index (κ1) is 44.7. The monoisotopic (exact) mass is 915 g/mol. The van der Waals surface area contributed by atoms with Crippen LogP contribution in [0.1, 0.15) is 50.7 Å². The second kappa shape index (κ2) is 21.6. The molecule has 2 heteroatoms. The predicted molar refractivity (Wildman–Crippen MR) is 274 cm³/mol. The topological polar surface area (TPSA) is 0 Å². The summed E-state index contributed by atoms with van der Waals surface area (Å²) in [5.74, 6) is 0. The SMILES string of the molecule is CCCCc1ccccc1-c1cccc2[cH-]c(-c3ccccc3)cc12.CCCCc1ccccc1-c1cccc2[cH-]c(-c3ccccc3)cc12.[Zr+3].[c-]1cccc2c1[Si]c1ccccc1-2. The summed E-state index contributed by atoms with van der Waals surface area (Å²) in [5.41, 5.74) is 16.3. The molecule has 3 radical (unpaired) electrons. The quantitative estimate of drug-likeness (QED) is 0.0947. The number of benzene rings is 8. The van der Waals surface area contributed by atoms with E-state index in [2.05, 4.69) is 226 Å². The van der Waals surface area contributed by atoms with Gasteiger partial charge in [-0.05, 0) is 47.9 Å². The zero-order chi connectivity index (χ0) is 42.8. The second-order valence-electron chi connectivity index (χ2n) is 16.5. The molecule has 10 aromatic carbocycles. The second-order valence-corrected chi connectivity index (χ2v) is 17.8. The van der Waals surface area contributed by atoms with Gasteiger partial charge in [-0.15, -0.1) is 74.6 Å². The van der Waals surface area contributed by atoms with Crippen LogP contribution in [0.25, 0.3) is 77.2 Å². The summed E-state index contributed by atoms with van der Waals surface area (Å²) in [5, 5.41) is 8.17. The van der Waals surface area contributed by atoms with Crippen LogP contribution in [0.4, 0.5) is 0 Å². The van der Waals surface area contributed by atoms with Crippen LogP contribution in [-0.4, -0.2) is 9.52 Å². The zero-order valence-corrected chi connectivity index (χ0v) is 40.4. The Morgan fingerprint density at radius 1 is 0.422 bits per heavy atom. The van der Waals surface area contributed by atoms with Crippen LogP contribution in [0.2, 0.25) is 0 Å². The van der Waals surface area contributed by atoms with Gasteiger partial charge in [0.15, 0.2) is 0 Å². The molecule has 0 spiro atoms. The summed E-state index contributed by atoms with van der Waals surface area (Å²) in [6, 6.07) is 79.9. The van der Waals surface area contributed by atoms with Crippen molar-refractivity contribution in [3.05, 3.63) is 230 Å². The number of unbranched alkanes of at least 4 members (excludes halogenated alkanes) is 2. The van der Waals surface area contributed by atoms with E-state index in [-0.39, 0.29) is 26.2 Å². The minimum Gasteiger partial charge on any atom is -0.184 e. The smallest absolute Gasteiger partial charge is 0.184 e. The van der Waals surface area contributed by atoms with Crippen LogP contribution in [0.5, 0.6) is 0 Å². The number of aryl methyl sites for hydroxylation is 2. The van der Waals surface area contributed by atoms with Gasteiger partial charge in [-0.25, -0.2) is 0 Å². The Bertz CT molecular complexity index is 2850. The van der Waals surface area contributed by atoms with Crippen LogP contribution in [0.15, 0.2) is 212 Å². The molecule has 309 valence electrons. The molecule has 0 unspecified atom stereocenters. The maximum absolute atomic E-state index is 3.31. The Balaban J connectivity index is 0.000000136. The first-order valence-electron chi connectivity index (χ1n) is 22.7. The predicted octanol–water partition coefficient (Wildman–Crippen LogP) is 15.6. The minimum atomic E-state index is 0. The molecule has 0 amide bonds. The molecule has 10 aromatic rings. The molecule has 11 rings (SSSR count). The van der Waals surface area contributed by atoms with Gasteiger partial charge in [-0.2, -0.15) is 29.5 Å². The van der Waals surface area contributed by atoms with Crippen LogP contribution in [0.3, 0.4) is 0 Å². The van der Waals surface area contributed by atoms with Gasteiger partial charge in [-0.1, -0.05) is 217 Å². The van der Waals surface area contributed by atoms with Crippen molar-refractivity contribution >= 4 is 41.4 Å². The molecule has 1 heterocycles. The third kappa shape index (κ3) is 10.1. The Labute approximate surface area is 402 Å². The van der Waals surface area contributed by atoms with Crippen LogP contribution >= 0.6 is 0 Å². The molecule has 0 fully saturated rings. The van der Waals surface area contributed by atoms with E-state index in [1.165, 1.54) is 124 Å². The number of rotatable bonds is 10. The van der Waals surface area contributed by atoms with Crippen molar-refractivity contribution < 1.29 is 26.2 Å². The maximum atomic E-state index is 3.31. The number of hydrogen-bond donors (Lipinski definition) is 0. The molecule has 1 aliphatic heterocycles. The van der Waals surface area contributed by atoms with Gasteiger partial charge in [-0.3, -0.25) is 0 Å². The van der Waals surface area contributed by atoms with Crippen LogP contribution < -0.4 is 10.4 Å². The standard InChI is InChI=1S/2C25H23.C12H7Si.Zr/c2*1-2-3-10-20-13-7-8-15-23(20)24-16-9-14-21-17-22(18-25(21)24)19-11-5-4-6-12-19;1-3-7-11-9(5-1)10-6-2-4-8-12(10)13-11;/h2*4-9,11-18H,2-3,10H2,1H3;1-7H;/q3*-1;+3. The Morgan fingerprint density at radius 2 is 0.859 bits per heavy atom. The maximum Gasteiger partial charge on any atom is 3.00 e. The zero-order valence-electron chi connectivity index (χ0n) is 36.9. The van der Waals surface area contributed by atoms with Gasteiger partial charge >= 0.3 is 26.2 Å². The van der Waals surface area contributed by atoms with Crippen molar-refractivity contribution in [2.75, 3.05) is 0 Å². The van der Waals surface area contributed by atoms with Gasteiger partial charge in [0.05, 0.1) is 9.52 Å². The average Bonchev–Trinajstić information content (AvgIpc) is 4.10. The van der Waals surface area contributed by atoms with Crippen LogP contribution in [-0.2, 0) is 39.0 Å². The summed E-state index contributed by atoms with van der Waals surface area (Å²) in [6.45, 7) is 4.51. The molecule has 0 saturated heterocycles. The minimum absolute atomic E-state index is 0. The third-order valence-electron chi connectivity index (χ3n) is 12.3. The molecule has 0 nitrogen and oxygen atoms in total. The van der Waals surface area contributed by atoms with Crippen molar-refractivity contribution in [1.82, 2.24) is 0 Å². The van der Waals surface area contributed by atoms with E-state index >= 15 is 0 Å². The van der Waals surface area contributed by atoms with Gasteiger partial charge in [0.25, 0.3) is 0 Å². The van der Waals surface area contributed by atoms with Crippen molar-refractivity contribution in [2.24, 2.45) is 0 Å². The first-order valence-corrected chi connectivity index (χ1v) is 23.7. The fraction of sp³-hybridized carbons (Fsp3) is 0.129. The Morgan fingerprint density at radius 3 is 1.38 bits per heavy atom. The van der Waals surface area contributed by atoms with E-state index in [9.17, 15) is 0 Å². The van der Waals surface area contributed by atoms with Gasteiger partial charge < -0.3 is 0 Å². The number of hydrogen-bond acceptors (Lipinski definition) is 0. The Kier molecular flexibility index (Phi) is 15.1. The van der Waals surface area contributed by atoms with Crippen LogP contribution in [0, 0.1) is 6.07 Å². The molecule has 64 heavy (non-hydrogen) atoms. The summed E-state index contributed by atoms with van der Waals surface area (Å²) in [4.78, 5) is 0. The summed E-state index contributed by atoms with van der Waals surface area (Å²) < 4.78 is 0. The van der Waals surface area contributed by atoms with Crippen molar-refractivity contribution in [2.45, 2.75) is 52.4 Å². The van der Waals surface area contributed by atoms with E-state index in [0.717, 1.165) is 22.4 Å². The number of fused-ring (bicyclic) bond motifs is 5. The average molecular weight is 917 g/mol. The normalized spacial score (nSPS) is 11.2. The van der Waals surface area contributed by atoms with Gasteiger partial charge in [0.1, 0.15) is 0 Å². The molecular formula is C62H53SiZr. The van der Waals surface area contributed by atoms with E-state index < -0.39 is 0 Å². The molecule has 0 aliphatic carbocycles. The first-order chi connectivity index (χ1) is 31.2. The molecule has 0 aromatic heterocycles. The van der Waals surface area contributed by atoms with Crippen molar-refractivity contribution in [3.63, 3.8) is 0 Å². The molecule has 1 aliphatic rings. The summed E-state index contributed by atoms with van der Waals surface area (Å²) in [6.07, 6.45) is 7.23. The van der Waals surface area contributed by atoms with E-state index in [1.54, 1.807) is 0 Å². The van der Waals surface area contributed by atoms with Gasteiger partial charge in [0.2, 0.25) is 0 Å². The van der Waals surface area contributed by atoms with E-state index in [4.69, 9.17) is 0 Å². The summed E-state index contributed by atoms with van der Waals surface area (Å²) >= 11 is 0. The third-order valence-corrected chi connectivity index (χ3v) is 13.6. The fourth-order valence-corrected chi connectivity index (χ4v) is 10.3. The molecule has 0 atom stereocenters. The molecule has 0 bridgehead atoms. The van der Waals surface area contributed by atoms with E-state index in [0.29, 0.717) is 0 Å². The molecule has 0 saturated carbocycles. The Hall–Kier alpha value is -5.92. The summed E-state index contributed by atoms with van der Waals surface area (Å²) in [7, 11) is 0.795. The molecule has 0 N–H and O–H groups in total. The fourth-order valence-electron chi connectivity index (χ4n) is 9.00. The molecular weight excluding hydrogens is 864 g/mol. The van der Waals surface area contributed by atoms with Gasteiger partial charge in [0, 0.05) is 0 Å².